The Kier molecular flexibility index (Phi) is 4.23. The minimum Gasteiger partial charge on any atom is -0.493 e. The number of benzene rings is 1. The van der Waals surface area contributed by atoms with Gasteiger partial charge in [-0.05, 0) is 30.3 Å². The maximum absolute atomic E-state index is 12.4. The van der Waals surface area contributed by atoms with Gasteiger partial charge in [-0.15, -0.1) is 0 Å². The van der Waals surface area contributed by atoms with Crippen LogP contribution in [0.2, 0.25) is 0 Å². The Bertz CT molecular complexity index is 744. The zero-order valence-corrected chi connectivity index (χ0v) is 13.0. The fourth-order valence-corrected chi connectivity index (χ4v) is 2.47. The highest BCUT2D eigenvalue weighted by Gasteiger charge is 2.23. The van der Waals surface area contributed by atoms with Gasteiger partial charge in [0.15, 0.2) is 11.5 Å². The average Bonchev–Trinajstić information content (AvgIpc) is 3.11. The number of ether oxygens (including phenoxy) is 2. The minimum atomic E-state index is -0.122. The second-order valence-corrected chi connectivity index (χ2v) is 5.03. The van der Waals surface area contributed by atoms with Crippen LogP contribution in [-0.2, 0) is 0 Å². The molecule has 2 heterocycles. The zero-order chi connectivity index (χ0) is 16.2. The summed E-state index contributed by atoms with van der Waals surface area (Å²) in [4.78, 5) is 16.3. The summed E-state index contributed by atoms with van der Waals surface area (Å²) in [5.41, 5.74) is 2.36. The van der Waals surface area contributed by atoms with E-state index in [1.165, 1.54) is 5.01 Å². The second kappa shape index (κ2) is 6.48. The molecule has 118 valence electrons. The van der Waals surface area contributed by atoms with Crippen LogP contribution in [0.25, 0.3) is 0 Å². The van der Waals surface area contributed by atoms with Gasteiger partial charge in [-0.2, -0.15) is 5.10 Å². The lowest BCUT2D eigenvalue weighted by Crippen LogP contribution is -2.23. The van der Waals surface area contributed by atoms with Crippen LogP contribution in [-0.4, -0.2) is 42.4 Å². The highest BCUT2D eigenvalue weighted by Crippen LogP contribution is 2.29. The Hall–Kier alpha value is -2.89. The molecule has 6 heteroatoms. The predicted octanol–water partition coefficient (Wildman–Crippen LogP) is 2.35. The van der Waals surface area contributed by atoms with Crippen molar-refractivity contribution in [1.82, 2.24) is 9.99 Å². The standard InChI is InChI=1S/C17H17N3O3/c1-22-15-4-3-13(11-16(15)23-2)14-7-10-20(19-14)17(21)12-5-8-18-9-6-12/h3-6,8-9,11H,7,10H2,1-2H3. The number of hydrogen-bond donors (Lipinski definition) is 0. The molecule has 0 unspecified atom stereocenters. The van der Waals surface area contributed by atoms with E-state index < -0.39 is 0 Å². The van der Waals surface area contributed by atoms with Crippen LogP contribution < -0.4 is 9.47 Å². The minimum absolute atomic E-state index is 0.122. The molecular weight excluding hydrogens is 294 g/mol. The molecule has 0 fully saturated rings. The third-order valence-corrected chi connectivity index (χ3v) is 3.68. The average molecular weight is 311 g/mol. The Labute approximate surface area is 134 Å². The third kappa shape index (κ3) is 3.01. The summed E-state index contributed by atoms with van der Waals surface area (Å²) in [6.45, 7) is 0.560. The van der Waals surface area contributed by atoms with E-state index in [-0.39, 0.29) is 5.91 Å². The lowest BCUT2D eigenvalue weighted by molar-refractivity contribution is 0.0778. The van der Waals surface area contributed by atoms with Crippen molar-refractivity contribution in [3.8, 4) is 11.5 Å². The van der Waals surface area contributed by atoms with Gasteiger partial charge in [-0.25, -0.2) is 5.01 Å². The third-order valence-electron chi connectivity index (χ3n) is 3.68. The van der Waals surface area contributed by atoms with E-state index in [0.717, 1.165) is 11.3 Å². The Morgan fingerprint density at radius 3 is 2.52 bits per heavy atom. The largest absolute Gasteiger partial charge is 0.493 e. The molecule has 23 heavy (non-hydrogen) atoms. The fourth-order valence-electron chi connectivity index (χ4n) is 2.47. The van der Waals surface area contributed by atoms with Crippen molar-refractivity contribution < 1.29 is 14.3 Å². The van der Waals surface area contributed by atoms with E-state index in [1.54, 1.807) is 38.7 Å². The summed E-state index contributed by atoms with van der Waals surface area (Å²) in [5, 5.41) is 5.94. The molecule has 0 aliphatic carbocycles. The molecule has 0 N–H and O–H groups in total. The molecule has 1 aromatic carbocycles. The summed E-state index contributed by atoms with van der Waals surface area (Å²) in [6, 6.07) is 9.00. The van der Waals surface area contributed by atoms with E-state index in [0.29, 0.717) is 30.0 Å². The Balaban J connectivity index is 1.84. The van der Waals surface area contributed by atoms with Crippen molar-refractivity contribution in [3.05, 3.63) is 53.9 Å². The first-order valence-corrected chi connectivity index (χ1v) is 7.24. The van der Waals surface area contributed by atoms with Crippen LogP contribution in [0.4, 0.5) is 0 Å². The number of rotatable bonds is 4. The first-order valence-electron chi connectivity index (χ1n) is 7.24. The number of carbonyl (C=O) groups excluding carboxylic acids is 1. The molecule has 0 saturated carbocycles. The number of aromatic nitrogens is 1. The molecule has 6 nitrogen and oxygen atoms in total. The van der Waals surface area contributed by atoms with Crippen molar-refractivity contribution >= 4 is 11.6 Å². The van der Waals surface area contributed by atoms with Gasteiger partial charge in [-0.1, -0.05) is 0 Å². The van der Waals surface area contributed by atoms with Crippen LogP contribution in [0.5, 0.6) is 11.5 Å². The second-order valence-electron chi connectivity index (χ2n) is 5.03. The van der Waals surface area contributed by atoms with E-state index in [4.69, 9.17) is 9.47 Å². The molecule has 0 radical (unpaired) electrons. The number of hydrazone groups is 1. The number of methoxy groups -OCH3 is 2. The number of amides is 1. The highest BCUT2D eigenvalue weighted by molar-refractivity contribution is 6.04. The van der Waals surface area contributed by atoms with Gasteiger partial charge in [0.25, 0.3) is 5.91 Å². The van der Waals surface area contributed by atoms with Gasteiger partial charge < -0.3 is 9.47 Å². The lowest BCUT2D eigenvalue weighted by Gasteiger charge is -2.11. The van der Waals surface area contributed by atoms with Gasteiger partial charge in [-0.3, -0.25) is 9.78 Å². The van der Waals surface area contributed by atoms with Gasteiger partial charge in [0.05, 0.1) is 26.5 Å². The van der Waals surface area contributed by atoms with Crippen LogP contribution in [0.1, 0.15) is 22.3 Å². The first kappa shape index (κ1) is 15.0. The van der Waals surface area contributed by atoms with Crippen molar-refractivity contribution in [2.45, 2.75) is 6.42 Å². The van der Waals surface area contributed by atoms with Crippen LogP contribution in [0, 0.1) is 0 Å². The predicted molar refractivity (Wildman–Crippen MR) is 86.0 cm³/mol. The quantitative estimate of drug-likeness (QED) is 0.869. The number of carbonyl (C=O) groups is 1. The van der Waals surface area contributed by atoms with Crippen molar-refractivity contribution in [1.29, 1.82) is 0 Å². The molecule has 2 aromatic rings. The molecule has 1 aliphatic heterocycles. The molecule has 0 bridgehead atoms. The monoisotopic (exact) mass is 311 g/mol. The molecule has 0 saturated heterocycles. The number of pyridine rings is 1. The fraction of sp³-hybridized carbons (Fsp3) is 0.235. The van der Waals surface area contributed by atoms with Crippen LogP contribution >= 0.6 is 0 Å². The van der Waals surface area contributed by atoms with E-state index in [2.05, 4.69) is 10.1 Å². The van der Waals surface area contributed by atoms with E-state index >= 15 is 0 Å². The Morgan fingerprint density at radius 1 is 1.09 bits per heavy atom. The van der Waals surface area contributed by atoms with Gasteiger partial charge in [0, 0.05) is 29.9 Å². The number of hydrogen-bond acceptors (Lipinski definition) is 5. The highest BCUT2D eigenvalue weighted by atomic mass is 16.5. The molecule has 0 spiro atoms. The molecule has 1 aliphatic rings. The number of nitrogens with zero attached hydrogens (tertiary/aromatic N) is 3. The summed E-state index contributed by atoms with van der Waals surface area (Å²) < 4.78 is 10.5. The zero-order valence-electron chi connectivity index (χ0n) is 13.0. The van der Waals surface area contributed by atoms with E-state index in [1.807, 2.05) is 18.2 Å². The van der Waals surface area contributed by atoms with E-state index in [9.17, 15) is 4.79 Å². The topological polar surface area (TPSA) is 64.0 Å². The summed E-state index contributed by atoms with van der Waals surface area (Å²) in [5.74, 6) is 1.19. The maximum Gasteiger partial charge on any atom is 0.274 e. The van der Waals surface area contributed by atoms with Gasteiger partial charge >= 0.3 is 0 Å². The lowest BCUT2D eigenvalue weighted by atomic mass is 10.1. The SMILES string of the molecule is COc1ccc(C2=NN(C(=O)c3ccncc3)CC2)cc1OC. The summed E-state index contributed by atoms with van der Waals surface area (Å²) >= 11 is 0. The van der Waals surface area contributed by atoms with Crippen molar-refractivity contribution in [2.24, 2.45) is 5.10 Å². The van der Waals surface area contributed by atoms with Crippen molar-refractivity contribution in [2.75, 3.05) is 20.8 Å². The molecular formula is C17H17N3O3. The molecule has 0 atom stereocenters. The van der Waals surface area contributed by atoms with Crippen molar-refractivity contribution in [3.63, 3.8) is 0 Å². The maximum atomic E-state index is 12.4. The van der Waals surface area contributed by atoms with Crippen LogP contribution in [0.15, 0.2) is 47.8 Å². The van der Waals surface area contributed by atoms with Gasteiger partial charge in [0.2, 0.25) is 0 Å². The van der Waals surface area contributed by atoms with Crippen LogP contribution in [0.3, 0.4) is 0 Å². The molecule has 3 rings (SSSR count). The summed E-state index contributed by atoms with van der Waals surface area (Å²) in [6.07, 6.45) is 3.90. The first-order chi connectivity index (χ1) is 11.2. The Morgan fingerprint density at radius 2 is 1.83 bits per heavy atom. The molecule has 1 amide bonds. The molecule has 1 aromatic heterocycles. The summed E-state index contributed by atoms with van der Waals surface area (Å²) in [7, 11) is 3.19. The van der Waals surface area contributed by atoms with Gasteiger partial charge in [0.1, 0.15) is 0 Å². The normalized spacial score (nSPS) is 13.7. The smallest absolute Gasteiger partial charge is 0.274 e.